The van der Waals surface area contributed by atoms with Crippen LogP contribution < -0.4 is 16.2 Å². The smallest absolute Gasteiger partial charge is 0.238 e. The average Bonchev–Trinajstić information content (AvgIpc) is 2.40. The average molecular weight is 311 g/mol. The number of carbonyl (C=O) groups excluding carboxylic acids is 1. The lowest BCUT2D eigenvalue weighted by Crippen LogP contribution is -2.53. The van der Waals surface area contributed by atoms with Gasteiger partial charge < -0.3 is 11.1 Å². The predicted molar refractivity (Wildman–Crippen MR) is 79.5 cm³/mol. The van der Waals surface area contributed by atoms with Crippen LogP contribution in [0.5, 0.6) is 0 Å². The Kier molecular flexibility index (Phi) is 4.36. The molecule has 7 heteroatoms. The van der Waals surface area contributed by atoms with Crippen molar-refractivity contribution in [3.63, 3.8) is 0 Å². The van der Waals surface area contributed by atoms with Gasteiger partial charge >= 0.3 is 0 Å². The molecule has 0 unspecified atom stereocenters. The predicted octanol–water partition coefficient (Wildman–Crippen LogP) is 0.325. The number of sulfonamides is 1. The molecule has 5 N–H and O–H groups in total. The van der Waals surface area contributed by atoms with E-state index in [0.717, 1.165) is 18.4 Å². The molecule has 0 heterocycles. The molecular weight excluding hydrogens is 290 g/mol. The van der Waals surface area contributed by atoms with E-state index in [-0.39, 0.29) is 10.8 Å². The Hall–Kier alpha value is -1.44. The molecule has 2 rings (SSSR count). The van der Waals surface area contributed by atoms with E-state index in [1.54, 1.807) is 12.1 Å². The monoisotopic (exact) mass is 311 g/mol. The van der Waals surface area contributed by atoms with Gasteiger partial charge in [-0.1, -0.05) is 19.1 Å². The zero-order valence-corrected chi connectivity index (χ0v) is 12.8. The molecule has 21 heavy (non-hydrogen) atoms. The standard InChI is InChI=1S/C14H21N3O3S/c1-10-6-14(7-10,9-15)13(18)17-8-11-2-4-12(5-3-11)21(16,19)20/h2-5,10H,6-9,15H2,1H3,(H,17,18)(H2,16,19,20). The molecule has 116 valence electrons. The molecule has 1 aromatic rings. The van der Waals surface area contributed by atoms with Crippen LogP contribution in [-0.2, 0) is 21.4 Å². The van der Waals surface area contributed by atoms with E-state index in [9.17, 15) is 13.2 Å². The van der Waals surface area contributed by atoms with Gasteiger partial charge in [-0.3, -0.25) is 4.79 Å². The number of primary sulfonamides is 1. The molecule has 1 fully saturated rings. The van der Waals surface area contributed by atoms with Crippen molar-refractivity contribution in [1.29, 1.82) is 0 Å². The summed E-state index contributed by atoms with van der Waals surface area (Å²) in [5.41, 5.74) is 6.11. The molecule has 0 atom stereocenters. The third-order valence-electron chi connectivity index (χ3n) is 4.06. The molecule has 1 amide bonds. The lowest BCUT2D eigenvalue weighted by Gasteiger charge is -2.44. The highest BCUT2D eigenvalue weighted by Gasteiger charge is 2.46. The van der Waals surface area contributed by atoms with Gasteiger partial charge in [0.15, 0.2) is 0 Å². The summed E-state index contributed by atoms with van der Waals surface area (Å²) in [5.74, 6) is 0.506. The van der Waals surface area contributed by atoms with E-state index in [2.05, 4.69) is 12.2 Å². The van der Waals surface area contributed by atoms with Gasteiger partial charge in [-0.05, 0) is 36.5 Å². The molecule has 0 aliphatic heterocycles. The fourth-order valence-corrected chi connectivity index (χ4v) is 3.40. The van der Waals surface area contributed by atoms with Crippen molar-refractivity contribution in [1.82, 2.24) is 5.32 Å². The molecule has 1 saturated carbocycles. The first-order chi connectivity index (χ1) is 9.77. The summed E-state index contributed by atoms with van der Waals surface area (Å²) >= 11 is 0. The summed E-state index contributed by atoms with van der Waals surface area (Å²) in [6.45, 7) is 2.81. The van der Waals surface area contributed by atoms with Crippen LogP contribution in [0, 0.1) is 11.3 Å². The Bertz CT molecular complexity index is 619. The van der Waals surface area contributed by atoms with Crippen molar-refractivity contribution < 1.29 is 13.2 Å². The number of carbonyl (C=O) groups is 1. The first kappa shape index (κ1) is 15.9. The second-order valence-electron chi connectivity index (χ2n) is 5.87. The number of hydrogen-bond donors (Lipinski definition) is 3. The van der Waals surface area contributed by atoms with Crippen molar-refractivity contribution >= 4 is 15.9 Å². The maximum Gasteiger partial charge on any atom is 0.238 e. The fourth-order valence-electron chi connectivity index (χ4n) is 2.89. The van der Waals surface area contributed by atoms with Crippen LogP contribution in [0.2, 0.25) is 0 Å². The quantitative estimate of drug-likeness (QED) is 0.726. The zero-order valence-electron chi connectivity index (χ0n) is 12.0. The van der Waals surface area contributed by atoms with E-state index in [4.69, 9.17) is 10.9 Å². The maximum absolute atomic E-state index is 12.2. The van der Waals surface area contributed by atoms with Crippen molar-refractivity contribution in [2.24, 2.45) is 22.2 Å². The Morgan fingerprint density at radius 2 is 1.90 bits per heavy atom. The van der Waals surface area contributed by atoms with E-state index < -0.39 is 15.4 Å². The van der Waals surface area contributed by atoms with Crippen molar-refractivity contribution in [2.45, 2.75) is 31.2 Å². The second kappa shape index (κ2) is 5.75. The Labute approximate surface area is 124 Å². The molecule has 1 aliphatic rings. The Balaban J connectivity index is 1.96. The Morgan fingerprint density at radius 1 is 1.33 bits per heavy atom. The topological polar surface area (TPSA) is 115 Å². The zero-order chi connectivity index (χ0) is 15.7. The highest BCUT2D eigenvalue weighted by molar-refractivity contribution is 7.89. The summed E-state index contributed by atoms with van der Waals surface area (Å²) in [6, 6.07) is 6.14. The molecule has 0 spiro atoms. The molecule has 6 nitrogen and oxygen atoms in total. The van der Waals surface area contributed by atoms with E-state index in [1.165, 1.54) is 12.1 Å². The van der Waals surface area contributed by atoms with Gasteiger partial charge in [0.2, 0.25) is 15.9 Å². The van der Waals surface area contributed by atoms with Crippen LogP contribution in [-0.4, -0.2) is 20.9 Å². The first-order valence-corrected chi connectivity index (χ1v) is 8.41. The lowest BCUT2D eigenvalue weighted by atomic mass is 9.62. The number of nitrogens with one attached hydrogen (secondary N) is 1. The van der Waals surface area contributed by atoms with Crippen LogP contribution >= 0.6 is 0 Å². The van der Waals surface area contributed by atoms with Gasteiger partial charge in [-0.25, -0.2) is 13.6 Å². The number of nitrogens with two attached hydrogens (primary N) is 2. The minimum absolute atomic E-state index is 0.0291. The van der Waals surface area contributed by atoms with Crippen LogP contribution in [0.25, 0.3) is 0 Å². The van der Waals surface area contributed by atoms with Crippen LogP contribution in [0.4, 0.5) is 0 Å². The van der Waals surface area contributed by atoms with E-state index in [1.807, 2.05) is 0 Å². The minimum atomic E-state index is -3.68. The highest BCUT2D eigenvalue weighted by atomic mass is 32.2. The van der Waals surface area contributed by atoms with Gasteiger partial charge in [0.25, 0.3) is 0 Å². The van der Waals surface area contributed by atoms with Gasteiger partial charge in [0.1, 0.15) is 0 Å². The number of hydrogen-bond acceptors (Lipinski definition) is 4. The third kappa shape index (κ3) is 3.42. The van der Waals surface area contributed by atoms with E-state index >= 15 is 0 Å². The maximum atomic E-state index is 12.2. The summed E-state index contributed by atoms with van der Waals surface area (Å²) in [6.07, 6.45) is 1.64. The molecule has 0 radical (unpaired) electrons. The normalized spacial score (nSPS) is 25.2. The summed E-state index contributed by atoms with van der Waals surface area (Å²) < 4.78 is 22.3. The highest BCUT2D eigenvalue weighted by Crippen LogP contribution is 2.44. The second-order valence-corrected chi connectivity index (χ2v) is 7.43. The van der Waals surface area contributed by atoms with Gasteiger partial charge in [0, 0.05) is 13.1 Å². The van der Waals surface area contributed by atoms with Gasteiger partial charge in [0.05, 0.1) is 10.3 Å². The van der Waals surface area contributed by atoms with Crippen LogP contribution in [0.15, 0.2) is 29.2 Å². The van der Waals surface area contributed by atoms with Crippen molar-refractivity contribution in [3.05, 3.63) is 29.8 Å². The molecule has 1 aromatic carbocycles. The summed E-state index contributed by atoms with van der Waals surface area (Å²) in [7, 11) is -3.68. The number of rotatable bonds is 5. The van der Waals surface area contributed by atoms with Crippen molar-refractivity contribution in [3.8, 4) is 0 Å². The number of benzene rings is 1. The largest absolute Gasteiger partial charge is 0.352 e. The molecule has 1 aliphatic carbocycles. The fraction of sp³-hybridized carbons (Fsp3) is 0.500. The molecule has 0 bridgehead atoms. The lowest BCUT2D eigenvalue weighted by molar-refractivity contribution is -0.138. The summed E-state index contributed by atoms with van der Waals surface area (Å²) in [5, 5.41) is 7.90. The molecule has 0 aromatic heterocycles. The number of amides is 1. The SMILES string of the molecule is CC1CC(CN)(C(=O)NCc2ccc(S(N)(=O)=O)cc2)C1. The molecule has 0 saturated heterocycles. The van der Waals surface area contributed by atoms with Crippen molar-refractivity contribution in [2.75, 3.05) is 6.54 Å². The first-order valence-electron chi connectivity index (χ1n) is 6.87. The van der Waals surface area contributed by atoms with Gasteiger partial charge in [-0.15, -0.1) is 0 Å². The minimum Gasteiger partial charge on any atom is -0.352 e. The van der Waals surface area contributed by atoms with E-state index in [0.29, 0.717) is 19.0 Å². The third-order valence-corrected chi connectivity index (χ3v) is 4.98. The van der Waals surface area contributed by atoms with Crippen LogP contribution in [0.3, 0.4) is 0 Å². The van der Waals surface area contributed by atoms with Gasteiger partial charge in [-0.2, -0.15) is 0 Å². The molecular formula is C14H21N3O3S. The van der Waals surface area contributed by atoms with Crippen LogP contribution in [0.1, 0.15) is 25.3 Å². The summed E-state index contributed by atoms with van der Waals surface area (Å²) in [4.78, 5) is 12.3. The Morgan fingerprint density at radius 3 is 2.33 bits per heavy atom.